The van der Waals surface area contributed by atoms with Crippen LogP contribution in [0.2, 0.25) is 5.02 Å². The second-order valence-electron chi connectivity index (χ2n) is 15.9. The molecule has 0 saturated heterocycles. The molecular formula is C39H48ClN11O6. The van der Waals surface area contributed by atoms with Gasteiger partial charge in [0.05, 0.1) is 23.8 Å². The van der Waals surface area contributed by atoms with Gasteiger partial charge in [0.1, 0.15) is 33.9 Å². The van der Waals surface area contributed by atoms with Crippen molar-refractivity contribution in [3.05, 3.63) is 92.5 Å². The van der Waals surface area contributed by atoms with E-state index in [1.165, 1.54) is 35.4 Å². The number of rotatable bonds is 8. The van der Waals surface area contributed by atoms with Crippen LogP contribution in [0.3, 0.4) is 0 Å². The second-order valence-corrected chi connectivity index (χ2v) is 16.3. The van der Waals surface area contributed by atoms with Crippen LogP contribution in [0.4, 0.5) is 21.2 Å². The third kappa shape index (κ3) is 11.3. The number of aromatic nitrogens is 6. The molecule has 0 aromatic carbocycles. The highest BCUT2D eigenvalue weighted by Gasteiger charge is 2.38. The van der Waals surface area contributed by atoms with Crippen LogP contribution in [0.15, 0.2) is 70.8 Å². The minimum atomic E-state index is -0.889. The van der Waals surface area contributed by atoms with Gasteiger partial charge in [-0.05, 0) is 116 Å². The summed E-state index contributed by atoms with van der Waals surface area (Å²) in [5.41, 5.74) is -0.819. The van der Waals surface area contributed by atoms with E-state index in [-0.39, 0.29) is 34.8 Å². The summed E-state index contributed by atoms with van der Waals surface area (Å²) in [6.07, 6.45) is 9.58. The average molecular weight is 802 g/mol. The third-order valence-electron chi connectivity index (χ3n) is 9.31. The van der Waals surface area contributed by atoms with E-state index >= 15 is 0 Å². The topological polar surface area (TPSA) is 222 Å². The number of halogens is 1. The number of amides is 2. The van der Waals surface area contributed by atoms with E-state index in [1.807, 2.05) is 47.6 Å². The predicted octanol–water partition coefficient (Wildman–Crippen LogP) is 5.75. The highest BCUT2D eigenvalue weighted by molar-refractivity contribution is 6.30. The quantitative estimate of drug-likeness (QED) is 0.167. The summed E-state index contributed by atoms with van der Waals surface area (Å²) in [6.45, 7) is 11.2. The van der Waals surface area contributed by atoms with Crippen molar-refractivity contribution in [2.45, 2.75) is 115 Å². The van der Waals surface area contributed by atoms with Crippen LogP contribution < -0.4 is 27.1 Å². The van der Waals surface area contributed by atoms with Crippen molar-refractivity contribution in [3.63, 3.8) is 0 Å². The van der Waals surface area contributed by atoms with Gasteiger partial charge in [-0.15, -0.1) is 0 Å². The molecule has 2 saturated carbocycles. The Morgan fingerprint density at radius 2 is 1.37 bits per heavy atom. The number of hydrogen-bond acceptors (Lipinski definition) is 12. The van der Waals surface area contributed by atoms with Gasteiger partial charge in [-0.2, -0.15) is 24.8 Å². The Labute approximate surface area is 335 Å². The summed E-state index contributed by atoms with van der Waals surface area (Å²) in [5, 5.41) is 36.3. The number of pyridine rings is 2. The SMILES string of the molecule is CC(C)(C)N(C(=O)O)[C@H]1CC[C@H](Nc2ccc(-n3nccc(Cl)c3=O)cn2)C1.CC(C)(C)OC(=O)N[C@H]1CC[C@H](Nc2ccc(-n3nccc(C#N)c3=O)cn2)C1. The fourth-order valence-corrected chi connectivity index (χ4v) is 7.04. The zero-order valence-corrected chi connectivity index (χ0v) is 33.5. The van der Waals surface area contributed by atoms with Gasteiger partial charge in [0, 0.05) is 42.1 Å². The molecule has 57 heavy (non-hydrogen) atoms. The minimum absolute atomic E-state index is 0.0245. The molecule has 2 aliphatic rings. The maximum Gasteiger partial charge on any atom is 0.407 e. The van der Waals surface area contributed by atoms with Crippen LogP contribution >= 0.6 is 11.6 Å². The monoisotopic (exact) mass is 801 g/mol. The van der Waals surface area contributed by atoms with Gasteiger partial charge >= 0.3 is 12.2 Å². The smallest absolute Gasteiger partial charge is 0.407 e. The lowest BCUT2D eigenvalue weighted by molar-refractivity contribution is 0.0504. The molecule has 4 N–H and O–H groups in total. The van der Waals surface area contributed by atoms with Gasteiger partial charge in [-0.25, -0.2) is 19.6 Å². The van der Waals surface area contributed by atoms with E-state index < -0.39 is 34.4 Å². The Balaban J connectivity index is 0.000000218. The van der Waals surface area contributed by atoms with E-state index in [1.54, 1.807) is 35.4 Å². The normalized spacial score (nSPS) is 19.1. The molecule has 18 heteroatoms. The zero-order valence-electron chi connectivity index (χ0n) is 32.8. The van der Waals surface area contributed by atoms with E-state index in [9.17, 15) is 24.3 Å². The number of carboxylic acid groups (broad SMARTS) is 1. The summed E-state index contributed by atoms with van der Waals surface area (Å²) in [4.78, 5) is 58.0. The van der Waals surface area contributed by atoms with Crippen molar-refractivity contribution >= 4 is 35.4 Å². The van der Waals surface area contributed by atoms with Crippen molar-refractivity contribution in [2.24, 2.45) is 0 Å². The Morgan fingerprint density at radius 1 is 0.825 bits per heavy atom. The molecule has 4 aromatic rings. The average Bonchev–Trinajstić information content (AvgIpc) is 3.78. The molecule has 0 aliphatic heterocycles. The maximum absolute atomic E-state index is 12.2. The van der Waals surface area contributed by atoms with Crippen molar-refractivity contribution < 1.29 is 19.4 Å². The summed E-state index contributed by atoms with van der Waals surface area (Å²) in [5.74, 6) is 1.34. The lowest BCUT2D eigenvalue weighted by atomic mass is 10.0. The maximum atomic E-state index is 12.2. The van der Waals surface area contributed by atoms with Crippen LogP contribution in [0.25, 0.3) is 11.4 Å². The van der Waals surface area contributed by atoms with Crippen LogP contribution in [0, 0.1) is 11.3 Å². The van der Waals surface area contributed by atoms with E-state index in [0.29, 0.717) is 23.0 Å². The first-order valence-corrected chi connectivity index (χ1v) is 19.0. The van der Waals surface area contributed by atoms with Crippen LogP contribution in [-0.2, 0) is 4.74 Å². The van der Waals surface area contributed by atoms with Crippen LogP contribution in [-0.4, -0.2) is 87.0 Å². The van der Waals surface area contributed by atoms with Gasteiger partial charge in [0.2, 0.25) is 0 Å². The molecule has 4 aromatic heterocycles. The molecule has 17 nitrogen and oxygen atoms in total. The van der Waals surface area contributed by atoms with E-state index in [4.69, 9.17) is 21.6 Å². The minimum Gasteiger partial charge on any atom is -0.465 e. The highest BCUT2D eigenvalue weighted by atomic mass is 35.5. The second kappa shape index (κ2) is 17.8. The molecule has 0 unspecified atom stereocenters. The number of anilines is 2. The highest BCUT2D eigenvalue weighted by Crippen LogP contribution is 2.31. The number of nitrogens with zero attached hydrogens (tertiary/aromatic N) is 8. The number of alkyl carbamates (subject to hydrolysis) is 1. The Morgan fingerprint density at radius 3 is 1.89 bits per heavy atom. The molecule has 6 rings (SSSR count). The lowest BCUT2D eigenvalue weighted by Gasteiger charge is -2.38. The lowest BCUT2D eigenvalue weighted by Crippen LogP contribution is -2.50. The molecule has 4 atom stereocenters. The first-order chi connectivity index (χ1) is 26.9. The first kappa shape index (κ1) is 42.1. The molecule has 302 valence electrons. The molecule has 2 amide bonds. The van der Waals surface area contributed by atoms with Gasteiger partial charge in [0.15, 0.2) is 0 Å². The van der Waals surface area contributed by atoms with Crippen molar-refractivity contribution in [1.29, 1.82) is 5.26 Å². The number of nitriles is 1. The standard InChI is InChI=1S/C20H24N6O3.C19H24ClN5O3/c1-20(2,3)29-19(28)25-15-5-4-14(10-15)24-17-7-6-16(12-22-17)26-18(27)13(11-21)8-9-23-26;1-19(2,3)24(18(27)28)13-5-4-12(10-13)23-16-7-6-14(11-21-16)25-17(26)15(20)8-9-22-25/h6-9,12,14-15H,4-5,10H2,1-3H3,(H,22,24)(H,25,28);6-9,11-13H,4-5,10H2,1-3H3,(H,21,23)(H,27,28)/t14-,15-;12-,13-/m00/s1. The third-order valence-corrected chi connectivity index (χ3v) is 9.60. The van der Waals surface area contributed by atoms with Gasteiger partial charge in [-0.3, -0.25) is 9.59 Å². The molecule has 2 aliphatic carbocycles. The summed E-state index contributed by atoms with van der Waals surface area (Å²) < 4.78 is 7.64. The van der Waals surface area contributed by atoms with Gasteiger partial charge in [-0.1, -0.05) is 11.6 Å². The summed E-state index contributed by atoms with van der Waals surface area (Å²) >= 11 is 5.85. The fraction of sp³-hybridized carbons (Fsp3) is 0.462. The largest absolute Gasteiger partial charge is 0.465 e. The number of carbonyl (C=O) groups excluding carboxylic acids is 1. The summed E-state index contributed by atoms with van der Waals surface area (Å²) in [7, 11) is 0. The van der Waals surface area contributed by atoms with E-state index in [2.05, 4.69) is 36.1 Å². The van der Waals surface area contributed by atoms with E-state index in [0.717, 1.165) is 43.2 Å². The molecule has 0 spiro atoms. The number of carbonyl (C=O) groups is 2. The number of hydrogen-bond donors (Lipinski definition) is 4. The van der Waals surface area contributed by atoms with Crippen LogP contribution in [0.5, 0.6) is 0 Å². The predicted molar refractivity (Wildman–Crippen MR) is 214 cm³/mol. The molecule has 2 fully saturated rings. The number of ether oxygens (including phenoxy) is 1. The van der Waals surface area contributed by atoms with Crippen LogP contribution in [0.1, 0.15) is 85.6 Å². The summed E-state index contributed by atoms with van der Waals surface area (Å²) in [6, 6.07) is 12.0. The van der Waals surface area contributed by atoms with Crippen molar-refractivity contribution in [1.82, 2.24) is 39.7 Å². The zero-order chi connectivity index (χ0) is 41.5. The molecule has 0 bridgehead atoms. The molecule has 4 heterocycles. The van der Waals surface area contributed by atoms with Gasteiger partial charge < -0.3 is 30.7 Å². The molecule has 0 radical (unpaired) electrons. The van der Waals surface area contributed by atoms with Gasteiger partial charge in [0.25, 0.3) is 11.1 Å². The Kier molecular flexibility index (Phi) is 13.2. The Hall–Kier alpha value is -6.02. The first-order valence-electron chi connectivity index (χ1n) is 18.6. The van der Waals surface area contributed by atoms with Crippen molar-refractivity contribution in [2.75, 3.05) is 10.6 Å². The number of nitrogens with one attached hydrogen (secondary N) is 3. The molecular weight excluding hydrogens is 754 g/mol. The fourth-order valence-electron chi connectivity index (χ4n) is 6.90. The van der Waals surface area contributed by atoms with Crippen molar-refractivity contribution in [3.8, 4) is 17.4 Å². The Bertz CT molecular complexity index is 2190.